The van der Waals surface area contributed by atoms with E-state index in [0.29, 0.717) is 13.2 Å². The van der Waals surface area contributed by atoms with Crippen molar-refractivity contribution in [2.45, 2.75) is 33.0 Å². The van der Waals surface area contributed by atoms with Crippen LogP contribution in [0.3, 0.4) is 0 Å². The largest absolute Gasteiger partial charge is 0.383 e. The predicted octanol–water partition coefficient (Wildman–Crippen LogP) is 0.669. The second kappa shape index (κ2) is 7.76. The van der Waals surface area contributed by atoms with E-state index < -0.39 is 0 Å². The van der Waals surface area contributed by atoms with E-state index in [1.165, 1.54) is 0 Å². The quantitative estimate of drug-likeness (QED) is 0.683. The minimum Gasteiger partial charge on any atom is -0.383 e. The first-order valence-electron chi connectivity index (χ1n) is 6.90. The lowest BCUT2D eigenvalue weighted by Crippen LogP contribution is -2.18. The van der Waals surface area contributed by atoms with Gasteiger partial charge in [0.15, 0.2) is 0 Å². The van der Waals surface area contributed by atoms with E-state index >= 15 is 0 Å². The molecule has 0 bridgehead atoms. The van der Waals surface area contributed by atoms with Crippen molar-refractivity contribution in [1.29, 1.82) is 0 Å². The van der Waals surface area contributed by atoms with Gasteiger partial charge in [-0.05, 0) is 6.42 Å². The molecule has 0 saturated carbocycles. The summed E-state index contributed by atoms with van der Waals surface area (Å²) in [5, 5.41) is 7.50. The van der Waals surface area contributed by atoms with Gasteiger partial charge in [0.2, 0.25) is 0 Å². The third kappa shape index (κ3) is 4.14. The van der Waals surface area contributed by atoms with Crippen molar-refractivity contribution in [2.75, 3.05) is 20.3 Å². The first kappa shape index (κ1) is 14.7. The van der Waals surface area contributed by atoms with Gasteiger partial charge in [-0.1, -0.05) is 6.92 Å². The maximum atomic E-state index is 4.99. The summed E-state index contributed by atoms with van der Waals surface area (Å²) in [6, 6.07) is 0. The fourth-order valence-corrected chi connectivity index (χ4v) is 1.95. The van der Waals surface area contributed by atoms with Crippen LogP contribution in [0.4, 0.5) is 0 Å². The van der Waals surface area contributed by atoms with Crippen molar-refractivity contribution >= 4 is 0 Å². The Bertz CT molecular complexity index is 506. The molecule has 0 spiro atoms. The van der Waals surface area contributed by atoms with Gasteiger partial charge in [0.25, 0.3) is 0 Å². The second-order valence-corrected chi connectivity index (χ2v) is 4.61. The summed E-state index contributed by atoms with van der Waals surface area (Å²) in [5.41, 5.74) is 1.02. The molecule has 110 valence electrons. The molecule has 0 amide bonds. The zero-order valence-corrected chi connectivity index (χ0v) is 12.1. The van der Waals surface area contributed by atoms with Crippen molar-refractivity contribution in [2.24, 2.45) is 0 Å². The summed E-state index contributed by atoms with van der Waals surface area (Å²) < 4.78 is 8.96. The van der Waals surface area contributed by atoms with Gasteiger partial charge >= 0.3 is 0 Å². The number of aromatic nitrogens is 5. The van der Waals surface area contributed by atoms with Gasteiger partial charge in [0.1, 0.15) is 12.2 Å². The highest BCUT2D eigenvalue weighted by atomic mass is 16.5. The fraction of sp³-hybridized carbons (Fsp3) is 0.615. The average molecular weight is 278 g/mol. The molecule has 0 aromatic carbocycles. The molecule has 20 heavy (non-hydrogen) atoms. The lowest BCUT2D eigenvalue weighted by atomic mass is 10.4. The van der Waals surface area contributed by atoms with Gasteiger partial charge in [0, 0.05) is 32.9 Å². The third-order valence-corrected chi connectivity index (χ3v) is 2.93. The number of aryl methyl sites for hydroxylation is 1. The van der Waals surface area contributed by atoms with E-state index in [1.807, 2.05) is 21.8 Å². The Balaban J connectivity index is 1.87. The van der Waals surface area contributed by atoms with Gasteiger partial charge in [-0.3, -0.25) is 0 Å². The Morgan fingerprint density at radius 2 is 2.25 bits per heavy atom. The van der Waals surface area contributed by atoms with E-state index in [1.54, 1.807) is 13.4 Å². The molecule has 0 unspecified atom stereocenters. The molecule has 0 atom stereocenters. The highest BCUT2D eigenvalue weighted by Gasteiger charge is 2.05. The molecule has 2 aromatic heterocycles. The number of methoxy groups -OCH3 is 1. The minimum atomic E-state index is 0.699. The first-order valence-corrected chi connectivity index (χ1v) is 6.90. The van der Waals surface area contributed by atoms with Gasteiger partial charge in [0.05, 0.1) is 25.2 Å². The van der Waals surface area contributed by atoms with E-state index in [0.717, 1.165) is 37.6 Å². The summed E-state index contributed by atoms with van der Waals surface area (Å²) in [5.74, 6) is 0.961. The molecular formula is C13H22N6O. The second-order valence-electron chi connectivity index (χ2n) is 4.61. The Morgan fingerprint density at radius 1 is 1.35 bits per heavy atom. The smallest absolute Gasteiger partial charge is 0.146 e. The highest BCUT2D eigenvalue weighted by Crippen LogP contribution is 2.02. The lowest BCUT2D eigenvalue weighted by molar-refractivity contribution is 0.199. The number of nitrogens with zero attached hydrogens (tertiary/aromatic N) is 5. The number of rotatable bonds is 9. The van der Waals surface area contributed by atoms with Crippen LogP contribution in [0, 0.1) is 0 Å². The van der Waals surface area contributed by atoms with Gasteiger partial charge in [-0.2, -0.15) is 5.10 Å². The molecule has 0 aliphatic heterocycles. The molecule has 1 N–H and O–H groups in total. The van der Waals surface area contributed by atoms with Crippen LogP contribution in [0.2, 0.25) is 0 Å². The Labute approximate surface area is 119 Å². The highest BCUT2D eigenvalue weighted by molar-refractivity contribution is 4.98. The van der Waals surface area contributed by atoms with Crippen molar-refractivity contribution < 1.29 is 4.74 Å². The van der Waals surface area contributed by atoms with Crippen LogP contribution in [0.15, 0.2) is 18.9 Å². The predicted molar refractivity (Wildman–Crippen MR) is 75.2 cm³/mol. The number of imidazole rings is 1. The fourth-order valence-electron chi connectivity index (χ4n) is 1.95. The van der Waals surface area contributed by atoms with Crippen LogP contribution >= 0.6 is 0 Å². The van der Waals surface area contributed by atoms with Crippen molar-refractivity contribution in [3.63, 3.8) is 0 Å². The van der Waals surface area contributed by atoms with Crippen LogP contribution in [0.5, 0.6) is 0 Å². The number of hydrogen-bond acceptors (Lipinski definition) is 5. The molecule has 7 heteroatoms. The molecule has 7 nitrogen and oxygen atoms in total. The molecule has 0 saturated heterocycles. The molecule has 0 aliphatic rings. The molecule has 2 rings (SSSR count). The first-order chi connectivity index (χ1) is 9.83. The standard InChI is InChI=1S/C13H22N6O/c1-3-5-19-13(15-10-17-19)9-18-8-12(16-11-18)7-14-4-6-20-2/h8,10-11,14H,3-7,9H2,1-2H3. The van der Waals surface area contributed by atoms with Crippen molar-refractivity contribution in [3.8, 4) is 0 Å². The summed E-state index contributed by atoms with van der Waals surface area (Å²) in [7, 11) is 1.70. The average Bonchev–Trinajstić information content (AvgIpc) is 3.06. The zero-order chi connectivity index (χ0) is 14.2. The van der Waals surface area contributed by atoms with Gasteiger partial charge < -0.3 is 14.6 Å². The maximum Gasteiger partial charge on any atom is 0.146 e. The summed E-state index contributed by atoms with van der Waals surface area (Å²) in [6.45, 7) is 6.01. The zero-order valence-electron chi connectivity index (χ0n) is 12.1. The summed E-state index contributed by atoms with van der Waals surface area (Å²) in [4.78, 5) is 8.67. The molecule has 2 heterocycles. The van der Waals surface area contributed by atoms with E-state index in [-0.39, 0.29) is 0 Å². The molecule has 0 aliphatic carbocycles. The van der Waals surface area contributed by atoms with Gasteiger partial charge in [-0.25, -0.2) is 14.6 Å². The van der Waals surface area contributed by atoms with Crippen LogP contribution in [0.1, 0.15) is 24.9 Å². The van der Waals surface area contributed by atoms with Crippen molar-refractivity contribution in [3.05, 3.63) is 30.4 Å². The molecule has 0 radical (unpaired) electrons. The van der Waals surface area contributed by atoms with Crippen LogP contribution in [-0.2, 0) is 24.4 Å². The van der Waals surface area contributed by atoms with Gasteiger partial charge in [-0.15, -0.1) is 0 Å². The summed E-state index contributed by atoms with van der Waals surface area (Å²) >= 11 is 0. The van der Waals surface area contributed by atoms with E-state index in [9.17, 15) is 0 Å². The lowest BCUT2D eigenvalue weighted by Gasteiger charge is -2.04. The Hall–Kier alpha value is -1.73. The minimum absolute atomic E-state index is 0.699. The SMILES string of the molecule is CCCn1ncnc1Cn1cnc(CNCCOC)c1. The third-order valence-electron chi connectivity index (χ3n) is 2.93. The van der Waals surface area contributed by atoms with E-state index in [4.69, 9.17) is 4.74 Å². The monoisotopic (exact) mass is 278 g/mol. The normalized spacial score (nSPS) is 11.1. The van der Waals surface area contributed by atoms with Crippen LogP contribution < -0.4 is 5.32 Å². The Kier molecular flexibility index (Phi) is 5.69. The maximum absolute atomic E-state index is 4.99. The molecular weight excluding hydrogens is 256 g/mol. The van der Waals surface area contributed by atoms with Crippen molar-refractivity contribution in [1.82, 2.24) is 29.6 Å². The van der Waals surface area contributed by atoms with E-state index in [2.05, 4.69) is 27.3 Å². The summed E-state index contributed by atoms with van der Waals surface area (Å²) in [6.07, 6.45) is 6.52. The number of nitrogens with one attached hydrogen (secondary N) is 1. The number of hydrogen-bond donors (Lipinski definition) is 1. The molecule has 2 aromatic rings. The topological polar surface area (TPSA) is 69.8 Å². The van der Waals surface area contributed by atoms with Crippen LogP contribution in [0.25, 0.3) is 0 Å². The number of ether oxygens (including phenoxy) is 1. The molecule has 0 fully saturated rings. The van der Waals surface area contributed by atoms with Crippen LogP contribution in [-0.4, -0.2) is 44.6 Å². The Morgan fingerprint density at radius 3 is 3.05 bits per heavy atom.